The molecule has 0 bridgehead atoms. The van der Waals surface area contributed by atoms with Gasteiger partial charge in [0.25, 0.3) is 5.91 Å². The van der Waals surface area contributed by atoms with Gasteiger partial charge in [-0.2, -0.15) is 0 Å². The molecular weight excluding hydrogens is 248 g/mol. The zero-order chi connectivity index (χ0) is 14.4. The molecule has 0 radical (unpaired) electrons. The van der Waals surface area contributed by atoms with Crippen LogP contribution in [0, 0.1) is 6.92 Å². The zero-order valence-corrected chi connectivity index (χ0v) is 11.7. The molecule has 0 aliphatic heterocycles. The molecule has 19 heavy (non-hydrogen) atoms. The normalized spacial score (nSPS) is 10.9. The fourth-order valence-electron chi connectivity index (χ4n) is 1.66. The molecule has 0 atom stereocenters. The van der Waals surface area contributed by atoms with Crippen molar-refractivity contribution in [3.05, 3.63) is 23.3 Å². The van der Waals surface area contributed by atoms with Gasteiger partial charge in [0.05, 0.1) is 19.8 Å². The van der Waals surface area contributed by atoms with Crippen LogP contribution in [0.25, 0.3) is 0 Å². The number of hydrogen-bond donors (Lipinski definition) is 1. The number of carbonyl (C=O) groups is 1. The summed E-state index contributed by atoms with van der Waals surface area (Å²) in [5.41, 5.74) is 1.53. The van der Waals surface area contributed by atoms with E-state index in [0.29, 0.717) is 17.1 Å². The van der Waals surface area contributed by atoms with Crippen molar-refractivity contribution >= 4 is 11.6 Å². The SMILES string of the molecule is CNC(=O)/C(=N/OC)c1cc(OC)c(C)cc1OC. The Bertz CT molecular complexity index is 498. The molecular formula is C13H18N2O4. The first kappa shape index (κ1) is 14.8. The van der Waals surface area contributed by atoms with E-state index in [2.05, 4.69) is 10.5 Å². The Morgan fingerprint density at radius 1 is 1.16 bits per heavy atom. The van der Waals surface area contributed by atoms with E-state index in [1.807, 2.05) is 6.92 Å². The molecule has 6 nitrogen and oxygen atoms in total. The number of aryl methyl sites for hydroxylation is 1. The Hall–Kier alpha value is -2.24. The van der Waals surface area contributed by atoms with Gasteiger partial charge >= 0.3 is 0 Å². The predicted octanol–water partition coefficient (Wildman–Crippen LogP) is 1.11. The van der Waals surface area contributed by atoms with Gasteiger partial charge in [-0.1, -0.05) is 5.16 Å². The average Bonchev–Trinajstić information content (AvgIpc) is 2.43. The van der Waals surface area contributed by atoms with Crippen molar-refractivity contribution in [2.24, 2.45) is 5.16 Å². The van der Waals surface area contributed by atoms with Crippen LogP contribution in [0.15, 0.2) is 17.3 Å². The lowest BCUT2D eigenvalue weighted by molar-refractivity contribution is -0.114. The Balaban J connectivity index is 3.44. The lowest BCUT2D eigenvalue weighted by atomic mass is 10.0. The van der Waals surface area contributed by atoms with Crippen molar-refractivity contribution in [2.45, 2.75) is 6.92 Å². The number of nitrogens with zero attached hydrogens (tertiary/aromatic N) is 1. The van der Waals surface area contributed by atoms with E-state index in [0.717, 1.165) is 5.56 Å². The first-order chi connectivity index (χ1) is 9.08. The van der Waals surface area contributed by atoms with Crippen LogP contribution in [0.3, 0.4) is 0 Å². The highest BCUT2D eigenvalue weighted by atomic mass is 16.6. The Morgan fingerprint density at radius 3 is 2.26 bits per heavy atom. The highest BCUT2D eigenvalue weighted by molar-refractivity contribution is 6.45. The molecule has 1 N–H and O–H groups in total. The molecule has 0 saturated heterocycles. The van der Waals surface area contributed by atoms with Crippen LogP contribution in [0.2, 0.25) is 0 Å². The van der Waals surface area contributed by atoms with Crippen LogP contribution in [0.5, 0.6) is 11.5 Å². The van der Waals surface area contributed by atoms with E-state index < -0.39 is 0 Å². The van der Waals surface area contributed by atoms with E-state index in [-0.39, 0.29) is 11.6 Å². The number of carbonyl (C=O) groups excluding carboxylic acids is 1. The Morgan fingerprint density at radius 2 is 1.79 bits per heavy atom. The Labute approximate surface area is 112 Å². The maximum absolute atomic E-state index is 11.8. The summed E-state index contributed by atoms with van der Waals surface area (Å²) in [7, 11) is 5.98. The molecule has 1 aromatic rings. The van der Waals surface area contributed by atoms with E-state index in [1.54, 1.807) is 19.2 Å². The third-order valence-electron chi connectivity index (χ3n) is 2.60. The molecule has 0 fully saturated rings. The summed E-state index contributed by atoms with van der Waals surface area (Å²) in [5.74, 6) is 0.798. The van der Waals surface area contributed by atoms with Crippen molar-refractivity contribution in [1.29, 1.82) is 0 Å². The van der Waals surface area contributed by atoms with E-state index in [9.17, 15) is 4.79 Å². The quantitative estimate of drug-likeness (QED) is 0.640. The van der Waals surface area contributed by atoms with E-state index in [1.165, 1.54) is 21.3 Å². The molecule has 1 amide bonds. The molecule has 0 aliphatic rings. The number of oxime groups is 1. The molecule has 0 aliphatic carbocycles. The second-order valence-corrected chi connectivity index (χ2v) is 3.72. The van der Waals surface area contributed by atoms with Crippen LogP contribution >= 0.6 is 0 Å². The molecule has 104 valence electrons. The molecule has 1 rings (SSSR count). The summed E-state index contributed by atoms with van der Waals surface area (Å²) in [6, 6.07) is 3.48. The van der Waals surface area contributed by atoms with Crippen molar-refractivity contribution in [3.63, 3.8) is 0 Å². The van der Waals surface area contributed by atoms with Crippen molar-refractivity contribution < 1.29 is 19.1 Å². The van der Waals surface area contributed by atoms with Crippen molar-refractivity contribution in [2.75, 3.05) is 28.4 Å². The van der Waals surface area contributed by atoms with Gasteiger partial charge in [-0.25, -0.2) is 0 Å². The first-order valence-corrected chi connectivity index (χ1v) is 5.65. The molecule has 1 aromatic carbocycles. The lowest BCUT2D eigenvalue weighted by Gasteiger charge is -2.13. The van der Waals surface area contributed by atoms with E-state index >= 15 is 0 Å². The van der Waals surface area contributed by atoms with Crippen LogP contribution in [-0.4, -0.2) is 40.0 Å². The largest absolute Gasteiger partial charge is 0.496 e. The third-order valence-corrected chi connectivity index (χ3v) is 2.60. The van der Waals surface area contributed by atoms with Crippen LogP contribution in [0.4, 0.5) is 0 Å². The number of ether oxygens (including phenoxy) is 2. The number of methoxy groups -OCH3 is 2. The summed E-state index contributed by atoms with van der Waals surface area (Å²) in [4.78, 5) is 16.6. The highest BCUT2D eigenvalue weighted by Crippen LogP contribution is 2.28. The molecule has 6 heteroatoms. The van der Waals surface area contributed by atoms with Crippen molar-refractivity contribution in [1.82, 2.24) is 5.32 Å². The second-order valence-electron chi connectivity index (χ2n) is 3.72. The Kier molecular flexibility index (Phi) is 5.17. The second kappa shape index (κ2) is 6.63. The summed E-state index contributed by atoms with van der Waals surface area (Å²) in [5, 5.41) is 6.25. The third kappa shape index (κ3) is 3.15. The minimum absolute atomic E-state index is 0.125. The first-order valence-electron chi connectivity index (χ1n) is 5.65. The van der Waals surface area contributed by atoms with Gasteiger partial charge in [-0.15, -0.1) is 0 Å². The number of amides is 1. The van der Waals surface area contributed by atoms with Gasteiger partial charge in [-0.05, 0) is 24.6 Å². The standard InChI is InChI=1S/C13H18N2O4/c1-8-6-11(18-4)9(7-10(8)17-3)12(15-19-5)13(16)14-2/h6-7H,1-5H3,(H,14,16)/b15-12+. The van der Waals surface area contributed by atoms with Crippen LogP contribution < -0.4 is 14.8 Å². The number of nitrogens with one attached hydrogen (secondary N) is 1. The summed E-state index contributed by atoms with van der Waals surface area (Å²) >= 11 is 0. The van der Waals surface area contributed by atoms with Gasteiger partial charge in [0, 0.05) is 7.05 Å². The zero-order valence-electron chi connectivity index (χ0n) is 11.7. The number of hydrogen-bond acceptors (Lipinski definition) is 5. The lowest BCUT2D eigenvalue weighted by Crippen LogP contribution is -2.29. The maximum Gasteiger partial charge on any atom is 0.273 e. The highest BCUT2D eigenvalue weighted by Gasteiger charge is 2.20. The maximum atomic E-state index is 11.8. The van der Waals surface area contributed by atoms with Crippen LogP contribution in [-0.2, 0) is 9.63 Å². The van der Waals surface area contributed by atoms with Gasteiger partial charge in [0.15, 0.2) is 5.71 Å². The summed E-state index contributed by atoms with van der Waals surface area (Å²) in [6.07, 6.45) is 0. The monoisotopic (exact) mass is 266 g/mol. The van der Waals surface area contributed by atoms with Gasteiger partial charge in [0.2, 0.25) is 0 Å². The van der Waals surface area contributed by atoms with Gasteiger partial charge < -0.3 is 19.6 Å². The fourth-order valence-corrected chi connectivity index (χ4v) is 1.66. The van der Waals surface area contributed by atoms with Crippen LogP contribution in [0.1, 0.15) is 11.1 Å². The van der Waals surface area contributed by atoms with E-state index in [4.69, 9.17) is 14.3 Å². The minimum Gasteiger partial charge on any atom is -0.496 e. The predicted molar refractivity (Wildman–Crippen MR) is 71.9 cm³/mol. The molecule has 0 unspecified atom stereocenters. The topological polar surface area (TPSA) is 69.2 Å². The van der Waals surface area contributed by atoms with Gasteiger partial charge in [-0.3, -0.25) is 4.79 Å². The molecule has 0 spiro atoms. The minimum atomic E-state index is -0.369. The number of likely N-dealkylation sites (N-methyl/N-ethyl adjacent to an activating group) is 1. The van der Waals surface area contributed by atoms with Gasteiger partial charge in [0.1, 0.15) is 18.6 Å². The number of benzene rings is 1. The average molecular weight is 266 g/mol. The number of rotatable bonds is 5. The smallest absolute Gasteiger partial charge is 0.273 e. The molecule has 0 aromatic heterocycles. The molecule has 0 heterocycles. The molecule has 0 saturated carbocycles. The summed E-state index contributed by atoms with van der Waals surface area (Å²) in [6.45, 7) is 1.89. The fraction of sp³-hybridized carbons (Fsp3) is 0.385. The van der Waals surface area contributed by atoms with Crippen molar-refractivity contribution in [3.8, 4) is 11.5 Å². The summed E-state index contributed by atoms with van der Waals surface area (Å²) < 4.78 is 10.5.